The van der Waals surface area contributed by atoms with Gasteiger partial charge in [0.15, 0.2) is 0 Å². The van der Waals surface area contributed by atoms with Gasteiger partial charge in [-0.05, 0) is 29.8 Å². The van der Waals surface area contributed by atoms with Crippen molar-refractivity contribution in [3.05, 3.63) is 75.6 Å². The molecule has 2 aliphatic rings. The maximum Gasteiger partial charge on any atom is 0.410 e. The number of carbonyl (C=O) groups excluding carboxylic acids is 1. The molecule has 2 aromatic heterocycles. The molecule has 0 aliphatic carbocycles. The summed E-state index contributed by atoms with van der Waals surface area (Å²) >= 11 is 5.98. The Bertz CT molecular complexity index is 1790. The number of hydrogen-bond acceptors (Lipinski definition) is 7. The third kappa shape index (κ3) is 6.31. The standard InChI is InChI=1S/C29H26ClF5N6O4/c30-17-3-1-15(2-4-17)12-40-25(10-24(36)29(33,34)35)38-22-8-20(16-11-37-41(13-16)27(31)32)23(9-21(22)26(40)42)45-19-5-6-39-18(7-19)14-44-28(39)43/h1-4,8-9,11,13,18-19,24,27H,5-7,10,12,14,36H2/t18-,19-,24+/m0/s1. The summed E-state index contributed by atoms with van der Waals surface area (Å²) in [6.45, 7) is -2.47. The number of nitrogens with zero attached hydrogens (tertiary/aromatic N) is 5. The highest BCUT2D eigenvalue weighted by Gasteiger charge is 2.40. The van der Waals surface area contributed by atoms with Gasteiger partial charge in [0, 0.05) is 48.2 Å². The van der Waals surface area contributed by atoms with Gasteiger partial charge in [0.2, 0.25) is 0 Å². The number of alkyl halides is 5. The molecule has 0 radical (unpaired) electrons. The zero-order valence-corrected chi connectivity index (χ0v) is 24.1. The van der Waals surface area contributed by atoms with Gasteiger partial charge in [0.25, 0.3) is 5.56 Å². The number of amides is 1. The highest BCUT2D eigenvalue weighted by Crippen LogP contribution is 2.36. The van der Waals surface area contributed by atoms with Crippen LogP contribution in [0.1, 0.15) is 30.8 Å². The van der Waals surface area contributed by atoms with Crippen molar-refractivity contribution in [2.75, 3.05) is 13.2 Å². The van der Waals surface area contributed by atoms with Crippen LogP contribution in [0.4, 0.5) is 26.7 Å². The zero-order valence-electron chi connectivity index (χ0n) is 23.4. The fourth-order valence-electron chi connectivity index (χ4n) is 5.55. The van der Waals surface area contributed by atoms with Gasteiger partial charge in [-0.25, -0.2) is 14.5 Å². The van der Waals surface area contributed by atoms with Crippen molar-refractivity contribution in [1.82, 2.24) is 24.2 Å². The van der Waals surface area contributed by atoms with E-state index in [1.165, 1.54) is 18.3 Å². The number of carbonyl (C=O) groups is 1. The summed E-state index contributed by atoms with van der Waals surface area (Å²) in [6.07, 6.45) is -3.23. The molecule has 238 valence electrons. The number of halogens is 6. The lowest BCUT2D eigenvalue weighted by molar-refractivity contribution is -0.147. The van der Waals surface area contributed by atoms with Gasteiger partial charge in [0.1, 0.15) is 30.3 Å². The van der Waals surface area contributed by atoms with E-state index >= 15 is 0 Å². The van der Waals surface area contributed by atoms with Crippen molar-refractivity contribution in [2.24, 2.45) is 5.73 Å². The molecule has 0 saturated carbocycles. The summed E-state index contributed by atoms with van der Waals surface area (Å²) in [4.78, 5) is 32.0. The highest BCUT2D eigenvalue weighted by atomic mass is 35.5. The van der Waals surface area contributed by atoms with Gasteiger partial charge >= 0.3 is 18.8 Å². The minimum absolute atomic E-state index is 0.0217. The first-order chi connectivity index (χ1) is 21.4. The Morgan fingerprint density at radius 1 is 1.16 bits per heavy atom. The molecule has 2 saturated heterocycles. The molecule has 0 spiro atoms. The normalized spacial score (nSPS) is 19.2. The van der Waals surface area contributed by atoms with Crippen LogP contribution in [0.2, 0.25) is 5.02 Å². The smallest absolute Gasteiger partial charge is 0.410 e. The molecule has 2 N–H and O–H groups in total. The molecular formula is C29H26ClF5N6O4. The van der Waals surface area contributed by atoms with Crippen LogP contribution in [0.5, 0.6) is 5.75 Å². The van der Waals surface area contributed by atoms with E-state index in [2.05, 4.69) is 10.1 Å². The van der Waals surface area contributed by atoms with Gasteiger partial charge in [-0.2, -0.15) is 27.1 Å². The molecule has 2 fully saturated rings. The van der Waals surface area contributed by atoms with E-state index in [1.54, 1.807) is 29.2 Å². The first-order valence-corrected chi connectivity index (χ1v) is 14.3. The molecule has 2 aliphatic heterocycles. The van der Waals surface area contributed by atoms with Crippen molar-refractivity contribution in [3.8, 4) is 16.9 Å². The van der Waals surface area contributed by atoms with E-state index in [1.807, 2.05) is 0 Å². The van der Waals surface area contributed by atoms with Crippen LogP contribution in [-0.4, -0.2) is 67.8 Å². The average Bonchev–Trinajstić information content (AvgIpc) is 3.63. The molecule has 4 aromatic rings. The first kappa shape index (κ1) is 30.8. The van der Waals surface area contributed by atoms with Crippen molar-refractivity contribution >= 4 is 28.6 Å². The number of cyclic esters (lactones) is 1. The molecule has 16 heteroatoms. The van der Waals surface area contributed by atoms with Crippen molar-refractivity contribution in [2.45, 2.75) is 56.7 Å². The number of benzene rings is 2. The fourth-order valence-corrected chi connectivity index (χ4v) is 5.68. The summed E-state index contributed by atoms with van der Waals surface area (Å²) < 4.78 is 80.4. The fraction of sp³-hybridized carbons (Fsp3) is 0.379. The maximum absolute atomic E-state index is 14.0. The number of hydrogen-bond donors (Lipinski definition) is 1. The molecule has 1 amide bonds. The van der Waals surface area contributed by atoms with Crippen LogP contribution in [0.25, 0.3) is 22.0 Å². The second kappa shape index (κ2) is 11.9. The lowest BCUT2D eigenvalue weighted by Gasteiger charge is -2.33. The number of rotatable bonds is 8. The van der Waals surface area contributed by atoms with Crippen molar-refractivity contribution in [3.63, 3.8) is 0 Å². The molecule has 3 atom stereocenters. The molecule has 0 unspecified atom stereocenters. The Morgan fingerprint density at radius 3 is 2.60 bits per heavy atom. The number of piperidine rings is 1. The first-order valence-electron chi connectivity index (χ1n) is 13.9. The SMILES string of the molecule is N[C@H](Cc1nc2cc(-c3cnn(C(F)F)c3)c(O[C@H]3CCN4C(=O)OC[C@@H]4C3)cc2c(=O)n1Cc1ccc(Cl)cc1)C(F)(F)F. The minimum Gasteiger partial charge on any atom is -0.490 e. The molecule has 6 rings (SSSR count). The van der Waals surface area contributed by atoms with Crippen LogP contribution in [0.15, 0.2) is 53.6 Å². The van der Waals surface area contributed by atoms with Crippen molar-refractivity contribution < 1.29 is 36.2 Å². The quantitative estimate of drug-likeness (QED) is 0.262. The third-order valence-electron chi connectivity index (χ3n) is 7.92. The lowest BCUT2D eigenvalue weighted by Crippen LogP contribution is -2.44. The van der Waals surface area contributed by atoms with Crippen LogP contribution in [0.3, 0.4) is 0 Å². The molecule has 2 aromatic carbocycles. The number of aromatic nitrogens is 4. The van der Waals surface area contributed by atoms with E-state index in [9.17, 15) is 31.5 Å². The zero-order chi connectivity index (χ0) is 32.0. The van der Waals surface area contributed by atoms with Gasteiger partial charge in [0.05, 0.1) is 29.7 Å². The summed E-state index contributed by atoms with van der Waals surface area (Å²) in [5, 5.41) is 4.16. The monoisotopic (exact) mass is 652 g/mol. The Hall–Kier alpha value is -4.24. The minimum atomic E-state index is -4.75. The molecular weight excluding hydrogens is 627 g/mol. The predicted octanol–water partition coefficient (Wildman–Crippen LogP) is 5.15. The summed E-state index contributed by atoms with van der Waals surface area (Å²) in [5.74, 6) is -0.0508. The van der Waals surface area contributed by atoms with Crippen LogP contribution in [-0.2, 0) is 17.7 Å². The van der Waals surface area contributed by atoms with E-state index in [0.717, 1.165) is 10.8 Å². The molecule has 4 heterocycles. The van der Waals surface area contributed by atoms with Gasteiger partial charge < -0.3 is 20.1 Å². The molecule has 10 nitrogen and oxygen atoms in total. The number of fused-ring (bicyclic) bond motifs is 2. The lowest BCUT2D eigenvalue weighted by atomic mass is 10.00. The van der Waals surface area contributed by atoms with Gasteiger partial charge in [-0.3, -0.25) is 9.36 Å². The second-order valence-corrected chi connectivity index (χ2v) is 11.4. The number of nitrogens with two attached hydrogens (primary N) is 1. The van der Waals surface area contributed by atoms with Crippen LogP contribution >= 0.6 is 11.6 Å². The topological polar surface area (TPSA) is 118 Å². The van der Waals surface area contributed by atoms with Gasteiger partial charge in [-0.15, -0.1) is 0 Å². The molecule has 45 heavy (non-hydrogen) atoms. The highest BCUT2D eigenvalue weighted by molar-refractivity contribution is 6.30. The van der Waals surface area contributed by atoms with E-state index in [4.69, 9.17) is 26.8 Å². The number of ether oxygens (including phenoxy) is 2. The Balaban J connectivity index is 1.47. The largest absolute Gasteiger partial charge is 0.490 e. The summed E-state index contributed by atoms with van der Waals surface area (Å²) in [7, 11) is 0. The summed E-state index contributed by atoms with van der Waals surface area (Å²) in [5.41, 5.74) is 5.87. The average molecular weight is 653 g/mol. The Kier molecular flexibility index (Phi) is 8.16. The molecule has 0 bridgehead atoms. The van der Waals surface area contributed by atoms with Crippen LogP contribution < -0.4 is 16.0 Å². The Morgan fingerprint density at radius 2 is 1.91 bits per heavy atom. The van der Waals surface area contributed by atoms with Crippen LogP contribution in [0, 0.1) is 0 Å². The third-order valence-corrected chi connectivity index (χ3v) is 8.17. The van der Waals surface area contributed by atoms with E-state index in [0.29, 0.717) is 34.7 Å². The van der Waals surface area contributed by atoms with Gasteiger partial charge in [-0.1, -0.05) is 23.7 Å². The van der Waals surface area contributed by atoms with E-state index < -0.39 is 42.9 Å². The summed E-state index contributed by atoms with van der Waals surface area (Å²) in [6, 6.07) is 6.75. The predicted molar refractivity (Wildman–Crippen MR) is 152 cm³/mol. The maximum atomic E-state index is 14.0. The van der Waals surface area contributed by atoms with Crippen molar-refractivity contribution in [1.29, 1.82) is 0 Å². The Labute approximate surface area is 257 Å². The second-order valence-electron chi connectivity index (χ2n) is 10.9. The van der Waals surface area contributed by atoms with E-state index in [-0.39, 0.29) is 52.8 Å².